The predicted octanol–water partition coefficient (Wildman–Crippen LogP) is 7.85. The maximum Gasteiger partial charge on any atom is 0.220 e. The number of hydrogen-bond acceptors (Lipinski definition) is 6. The number of aromatic nitrogens is 3. The van der Waals surface area contributed by atoms with Crippen molar-refractivity contribution in [1.29, 1.82) is 0 Å². The molecule has 6 nitrogen and oxygen atoms in total. The first kappa shape index (κ1) is 28.9. The molecule has 196 valence electrons. The molecular formula is C29H50N6. The molecule has 0 aliphatic heterocycles. The molecule has 0 amide bonds. The van der Waals surface area contributed by atoms with Gasteiger partial charge in [-0.1, -0.05) is 79.1 Å². The van der Waals surface area contributed by atoms with E-state index in [1.165, 1.54) is 51.4 Å². The van der Waals surface area contributed by atoms with Gasteiger partial charge in [-0.15, -0.1) is 0 Å². The minimum absolute atomic E-state index is 0.378. The molecule has 0 aliphatic carbocycles. The van der Waals surface area contributed by atoms with Gasteiger partial charge in [-0.05, 0) is 50.7 Å². The van der Waals surface area contributed by atoms with Crippen LogP contribution in [0.15, 0.2) is 18.3 Å². The standard InChI is InChI=1S/C29H50N6/c1-5-9-13-15-21-35(22-16-14-10-6-2)27-20-19-24(23-31-27)32-28-25(17-11-7-3)33-29(30)34-26(28)18-12-8-4/h19-20,23,32H,5-18,21-22H2,1-4H3,(H2,30,33,34). The van der Waals surface area contributed by atoms with E-state index in [0.717, 1.165) is 80.2 Å². The fourth-order valence-electron chi connectivity index (χ4n) is 4.37. The Balaban J connectivity index is 2.18. The van der Waals surface area contributed by atoms with E-state index >= 15 is 0 Å². The Morgan fingerprint density at radius 3 is 1.71 bits per heavy atom. The molecule has 0 saturated heterocycles. The lowest BCUT2D eigenvalue weighted by Crippen LogP contribution is -2.26. The Hall–Kier alpha value is -2.37. The third kappa shape index (κ3) is 10.4. The highest BCUT2D eigenvalue weighted by molar-refractivity contribution is 5.65. The van der Waals surface area contributed by atoms with Crippen molar-refractivity contribution in [2.45, 2.75) is 118 Å². The van der Waals surface area contributed by atoms with Crippen molar-refractivity contribution in [3.05, 3.63) is 29.7 Å². The zero-order valence-electron chi connectivity index (χ0n) is 22.9. The number of aryl methyl sites for hydroxylation is 2. The lowest BCUT2D eigenvalue weighted by atomic mass is 10.1. The van der Waals surface area contributed by atoms with Gasteiger partial charge in [0.1, 0.15) is 5.82 Å². The van der Waals surface area contributed by atoms with Crippen LogP contribution in [0, 0.1) is 0 Å². The molecule has 2 rings (SSSR count). The zero-order valence-corrected chi connectivity index (χ0v) is 22.9. The number of nitrogen functional groups attached to an aromatic ring is 1. The van der Waals surface area contributed by atoms with Gasteiger partial charge < -0.3 is 16.0 Å². The highest BCUT2D eigenvalue weighted by Gasteiger charge is 2.15. The Morgan fingerprint density at radius 2 is 1.26 bits per heavy atom. The molecule has 0 saturated carbocycles. The molecule has 0 aromatic carbocycles. The second-order valence-corrected chi connectivity index (χ2v) is 9.70. The van der Waals surface area contributed by atoms with Crippen molar-refractivity contribution >= 4 is 23.1 Å². The summed E-state index contributed by atoms with van der Waals surface area (Å²) in [6.07, 6.45) is 18.4. The van der Waals surface area contributed by atoms with Gasteiger partial charge in [0.2, 0.25) is 5.95 Å². The molecule has 0 fully saturated rings. The second kappa shape index (κ2) is 17.1. The van der Waals surface area contributed by atoms with Crippen molar-refractivity contribution in [3.63, 3.8) is 0 Å². The lowest BCUT2D eigenvalue weighted by Gasteiger charge is -2.24. The largest absolute Gasteiger partial charge is 0.368 e. The molecule has 2 aromatic heterocycles. The van der Waals surface area contributed by atoms with Gasteiger partial charge in [-0.25, -0.2) is 15.0 Å². The van der Waals surface area contributed by atoms with Crippen molar-refractivity contribution < 1.29 is 0 Å². The van der Waals surface area contributed by atoms with E-state index < -0.39 is 0 Å². The number of pyridine rings is 1. The van der Waals surface area contributed by atoms with Crippen LogP contribution in [0.1, 0.15) is 116 Å². The molecule has 2 aromatic rings. The van der Waals surface area contributed by atoms with E-state index in [4.69, 9.17) is 10.7 Å². The molecule has 2 heterocycles. The molecule has 0 bridgehead atoms. The number of unbranched alkanes of at least 4 members (excludes halogenated alkanes) is 8. The number of anilines is 4. The first-order valence-electron chi connectivity index (χ1n) is 14.3. The summed E-state index contributed by atoms with van der Waals surface area (Å²) in [5.74, 6) is 1.46. The summed E-state index contributed by atoms with van der Waals surface area (Å²) in [4.78, 5) is 16.5. The maximum absolute atomic E-state index is 6.07. The quantitative estimate of drug-likeness (QED) is 0.198. The van der Waals surface area contributed by atoms with Crippen LogP contribution >= 0.6 is 0 Å². The smallest absolute Gasteiger partial charge is 0.220 e. The van der Waals surface area contributed by atoms with Gasteiger partial charge in [0.25, 0.3) is 0 Å². The summed E-state index contributed by atoms with van der Waals surface area (Å²) in [7, 11) is 0. The number of nitrogens with zero attached hydrogens (tertiary/aromatic N) is 4. The molecule has 0 radical (unpaired) electrons. The minimum Gasteiger partial charge on any atom is -0.368 e. The fourth-order valence-corrected chi connectivity index (χ4v) is 4.37. The summed E-state index contributed by atoms with van der Waals surface area (Å²) in [6.45, 7) is 11.1. The first-order chi connectivity index (χ1) is 17.1. The van der Waals surface area contributed by atoms with Crippen LogP contribution in [0.5, 0.6) is 0 Å². The van der Waals surface area contributed by atoms with E-state index in [1.54, 1.807) is 0 Å². The number of nitrogens with two attached hydrogens (primary N) is 1. The van der Waals surface area contributed by atoms with Crippen LogP contribution < -0.4 is 16.0 Å². The molecular weight excluding hydrogens is 432 g/mol. The van der Waals surface area contributed by atoms with Crippen LogP contribution in [-0.2, 0) is 12.8 Å². The molecule has 0 spiro atoms. The molecule has 6 heteroatoms. The highest BCUT2D eigenvalue weighted by Crippen LogP contribution is 2.27. The Labute approximate surface area is 214 Å². The predicted molar refractivity (Wildman–Crippen MR) is 152 cm³/mol. The van der Waals surface area contributed by atoms with Gasteiger partial charge in [0.05, 0.1) is 29.0 Å². The minimum atomic E-state index is 0.378. The molecule has 0 atom stereocenters. The molecule has 35 heavy (non-hydrogen) atoms. The average Bonchev–Trinajstić information content (AvgIpc) is 2.87. The Kier molecular flexibility index (Phi) is 14.1. The highest BCUT2D eigenvalue weighted by atomic mass is 15.2. The van der Waals surface area contributed by atoms with Crippen molar-refractivity contribution in [1.82, 2.24) is 15.0 Å². The van der Waals surface area contributed by atoms with Gasteiger partial charge in [0.15, 0.2) is 0 Å². The molecule has 3 N–H and O–H groups in total. The summed E-state index contributed by atoms with van der Waals surface area (Å²) >= 11 is 0. The summed E-state index contributed by atoms with van der Waals surface area (Å²) in [5, 5.41) is 3.61. The van der Waals surface area contributed by atoms with Gasteiger partial charge in [0, 0.05) is 13.1 Å². The van der Waals surface area contributed by atoms with Crippen molar-refractivity contribution in [2.75, 3.05) is 29.0 Å². The topological polar surface area (TPSA) is 80.0 Å². The third-order valence-electron chi connectivity index (χ3n) is 6.51. The van der Waals surface area contributed by atoms with Crippen LogP contribution in [0.4, 0.5) is 23.1 Å². The fraction of sp³-hybridized carbons (Fsp3) is 0.690. The van der Waals surface area contributed by atoms with Crippen LogP contribution in [-0.4, -0.2) is 28.0 Å². The average molecular weight is 483 g/mol. The maximum atomic E-state index is 6.07. The van der Waals surface area contributed by atoms with Crippen molar-refractivity contribution in [2.24, 2.45) is 0 Å². The molecule has 0 aliphatic rings. The number of hydrogen-bond donors (Lipinski definition) is 2. The van der Waals surface area contributed by atoms with E-state index in [-0.39, 0.29) is 0 Å². The van der Waals surface area contributed by atoms with Crippen molar-refractivity contribution in [3.8, 4) is 0 Å². The van der Waals surface area contributed by atoms with Gasteiger partial charge in [-0.3, -0.25) is 0 Å². The summed E-state index contributed by atoms with van der Waals surface area (Å²) in [6, 6.07) is 4.31. The van der Waals surface area contributed by atoms with E-state index in [9.17, 15) is 0 Å². The van der Waals surface area contributed by atoms with E-state index in [0.29, 0.717) is 5.95 Å². The summed E-state index contributed by atoms with van der Waals surface area (Å²) < 4.78 is 0. The van der Waals surface area contributed by atoms with Gasteiger partial charge >= 0.3 is 0 Å². The van der Waals surface area contributed by atoms with Crippen LogP contribution in [0.25, 0.3) is 0 Å². The Morgan fingerprint density at radius 1 is 0.714 bits per heavy atom. The lowest BCUT2D eigenvalue weighted by molar-refractivity contribution is 0.605. The normalized spacial score (nSPS) is 11.1. The summed E-state index contributed by atoms with van der Waals surface area (Å²) in [5.41, 5.74) is 10.1. The number of rotatable bonds is 19. The SMILES string of the molecule is CCCCCCN(CCCCCC)c1ccc(Nc2c(CCCC)nc(N)nc2CCCC)cn1. The van der Waals surface area contributed by atoms with Crippen LogP contribution in [0.3, 0.4) is 0 Å². The number of nitrogens with one attached hydrogen (secondary N) is 1. The van der Waals surface area contributed by atoms with Crippen LogP contribution in [0.2, 0.25) is 0 Å². The Bertz CT molecular complexity index is 779. The monoisotopic (exact) mass is 482 g/mol. The third-order valence-corrected chi connectivity index (χ3v) is 6.51. The zero-order chi connectivity index (χ0) is 25.3. The second-order valence-electron chi connectivity index (χ2n) is 9.70. The van der Waals surface area contributed by atoms with E-state index in [1.807, 2.05) is 6.20 Å². The van der Waals surface area contributed by atoms with Gasteiger partial charge in [-0.2, -0.15) is 0 Å². The first-order valence-corrected chi connectivity index (χ1v) is 14.3. The molecule has 0 unspecified atom stereocenters. The van der Waals surface area contributed by atoms with E-state index in [2.05, 4.69) is 60.0 Å².